The normalized spacial score (nSPS) is 10.0. The Morgan fingerprint density at radius 3 is 2.39 bits per heavy atom. The highest BCUT2D eigenvalue weighted by atomic mass is 16.5. The average molecular weight is 246 g/mol. The van der Waals surface area contributed by atoms with E-state index in [1.165, 1.54) is 30.5 Å². The van der Waals surface area contributed by atoms with Crippen molar-refractivity contribution < 1.29 is 19.2 Å². The van der Waals surface area contributed by atoms with E-state index in [1.54, 1.807) is 6.07 Å². The fraction of sp³-hybridized carbons (Fsp3) is 0.0833. The van der Waals surface area contributed by atoms with Crippen molar-refractivity contribution in [1.29, 1.82) is 0 Å². The summed E-state index contributed by atoms with van der Waals surface area (Å²) in [5.41, 5.74) is 0.529. The number of aromatic carboxylic acids is 1. The lowest BCUT2D eigenvalue weighted by Crippen LogP contribution is -2.22. The molecule has 0 saturated carbocycles. The lowest BCUT2D eigenvalue weighted by molar-refractivity contribution is 0.0696. The number of nitrogens with one attached hydrogen (secondary N) is 1. The smallest absolute Gasteiger partial charge is 0.335 e. The molecule has 18 heavy (non-hydrogen) atoms. The Balaban J connectivity index is 1.98. The molecule has 1 heterocycles. The van der Waals surface area contributed by atoms with Crippen LogP contribution in [0.2, 0.25) is 0 Å². The molecule has 1 aromatic heterocycles. The zero-order valence-corrected chi connectivity index (χ0v) is 9.29. The van der Waals surface area contributed by atoms with E-state index in [1.807, 2.05) is 0 Å². The quantitative estimate of drug-likeness (QED) is 0.848. The van der Waals surface area contributed by atoms with Crippen LogP contribution in [0.1, 0.15) is 26.5 Å². The van der Waals surface area contributed by atoms with Crippen LogP contribution in [0.3, 0.4) is 0 Å². The summed E-state index contributed by atoms with van der Waals surface area (Å²) in [6.45, 7) is 0.236. The highest BCUT2D eigenvalue weighted by Gasteiger charge is 2.08. The van der Waals surface area contributed by atoms with Gasteiger partial charge in [0.1, 0.15) is 0 Å². The SMILES string of the molecule is O=C(O)c1ccc(C(=O)NCc2ccno2)cc1. The molecule has 0 fully saturated rings. The highest BCUT2D eigenvalue weighted by Crippen LogP contribution is 2.05. The number of carbonyl (C=O) groups is 2. The van der Waals surface area contributed by atoms with Gasteiger partial charge in [-0.05, 0) is 24.3 Å². The Labute approximate surface area is 102 Å². The van der Waals surface area contributed by atoms with Crippen molar-refractivity contribution in [3.05, 3.63) is 53.4 Å². The summed E-state index contributed by atoms with van der Waals surface area (Å²) in [5.74, 6) is -0.780. The van der Waals surface area contributed by atoms with Gasteiger partial charge in [0.25, 0.3) is 5.91 Å². The van der Waals surface area contributed by atoms with Crippen LogP contribution in [0.25, 0.3) is 0 Å². The van der Waals surface area contributed by atoms with Crippen molar-refractivity contribution in [2.45, 2.75) is 6.54 Å². The molecule has 0 aliphatic carbocycles. The first-order valence-corrected chi connectivity index (χ1v) is 5.18. The zero-order valence-electron chi connectivity index (χ0n) is 9.29. The molecule has 0 unspecified atom stereocenters. The summed E-state index contributed by atoms with van der Waals surface area (Å²) >= 11 is 0. The third kappa shape index (κ3) is 2.73. The lowest BCUT2D eigenvalue weighted by Gasteiger charge is -2.03. The van der Waals surface area contributed by atoms with Crippen molar-refractivity contribution >= 4 is 11.9 Å². The number of hydrogen-bond donors (Lipinski definition) is 2. The van der Waals surface area contributed by atoms with Gasteiger partial charge in [-0.3, -0.25) is 4.79 Å². The van der Waals surface area contributed by atoms with Crippen LogP contribution in [0, 0.1) is 0 Å². The minimum absolute atomic E-state index is 0.141. The first kappa shape index (κ1) is 11.8. The molecule has 0 saturated heterocycles. The molecular weight excluding hydrogens is 236 g/mol. The Morgan fingerprint density at radius 1 is 1.17 bits per heavy atom. The number of carboxylic acids is 1. The molecule has 92 valence electrons. The fourth-order valence-electron chi connectivity index (χ4n) is 1.37. The predicted molar refractivity (Wildman–Crippen MR) is 61.1 cm³/mol. The molecule has 0 aliphatic rings. The van der Waals surface area contributed by atoms with Crippen molar-refractivity contribution in [2.24, 2.45) is 0 Å². The molecule has 2 N–H and O–H groups in total. The van der Waals surface area contributed by atoms with Crippen LogP contribution in [-0.4, -0.2) is 22.1 Å². The first-order chi connectivity index (χ1) is 8.66. The van der Waals surface area contributed by atoms with Gasteiger partial charge in [0.05, 0.1) is 18.3 Å². The zero-order chi connectivity index (χ0) is 13.0. The molecule has 0 bridgehead atoms. The molecular formula is C12H10N2O4. The van der Waals surface area contributed by atoms with Gasteiger partial charge < -0.3 is 14.9 Å². The number of rotatable bonds is 4. The Bertz CT molecular complexity index is 546. The van der Waals surface area contributed by atoms with Gasteiger partial charge >= 0.3 is 5.97 Å². The van der Waals surface area contributed by atoms with E-state index < -0.39 is 5.97 Å². The van der Waals surface area contributed by atoms with Crippen molar-refractivity contribution in [3.8, 4) is 0 Å². The van der Waals surface area contributed by atoms with Gasteiger partial charge in [0.15, 0.2) is 5.76 Å². The number of carboxylic acid groups (broad SMARTS) is 1. The number of carbonyl (C=O) groups excluding carboxylic acids is 1. The van der Waals surface area contributed by atoms with Crippen LogP contribution in [-0.2, 0) is 6.54 Å². The average Bonchev–Trinajstić information content (AvgIpc) is 2.89. The van der Waals surface area contributed by atoms with Gasteiger partial charge in [0, 0.05) is 11.6 Å². The number of nitrogens with zero attached hydrogens (tertiary/aromatic N) is 1. The van der Waals surface area contributed by atoms with Crippen LogP contribution in [0.5, 0.6) is 0 Å². The molecule has 0 aliphatic heterocycles. The standard InChI is InChI=1S/C12H10N2O4/c15-11(13-7-10-5-6-14-18-10)8-1-3-9(4-2-8)12(16)17/h1-6H,7H2,(H,13,15)(H,16,17). The van der Waals surface area contributed by atoms with E-state index >= 15 is 0 Å². The summed E-state index contributed by atoms with van der Waals surface area (Å²) in [6, 6.07) is 7.32. The van der Waals surface area contributed by atoms with Crippen LogP contribution in [0.4, 0.5) is 0 Å². The van der Waals surface area contributed by atoms with E-state index in [4.69, 9.17) is 9.63 Å². The van der Waals surface area contributed by atoms with E-state index in [2.05, 4.69) is 10.5 Å². The molecule has 2 rings (SSSR count). The summed E-state index contributed by atoms with van der Waals surface area (Å²) in [6.07, 6.45) is 1.49. The second kappa shape index (κ2) is 5.13. The summed E-state index contributed by atoms with van der Waals surface area (Å²) in [7, 11) is 0. The molecule has 0 radical (unpaired) electrons. The van der Waals surface area contributed by atoms with Gasteiger partial charge in [0.2, 0.25) is 0 Å². The van der Waals surface area contributed by atoms with Gasteiger partial charge in [-0.25, -0.2) is 4.79 Å². The topological polar surface area (TPSA) is 92.4 Å². The number of amides is 1. The molecule has 6 nitrogen and oxygen atoms in total. The lowest BCUT2D eigenvalue weighted by atomic mass is 10.1. The molecule has 1 amide bonds. The van der Waals surface area contributed by atoms with Gasteiger partial charge in [-0.2, -0.15) is 0 Å². The molecule has 6 heteroatoms. The maximum Gasteiger partial charge on any atom is 0.335 e. The second-order valence-corrected chi connectivity index (χ2v) is 3.54. The fourth-order valence-corrected chi connectivity index (χ4v) is 1.37. The van der Waals surface area contributed by atoms with Crippen molar-refractivity contribution in [3.63, 3.8) is 0 Å². The van der Waals surface area contributed by atoms with Crippen LogP contribution in [0.15, 0.2) is 41.1 Å². The Kier molecular flexibility index (Phi) is 3.38. The number of hydrogen-bond acceptors (Lipinski definition) is 4. The summed E-state index contributed by atoms with van der Waals surface area (Å²) < 4.78 is 4.83. The molecule has 0 atom stereocenters. The minimum Gasteiger partial charge on any atom is -0.478 e. The van der Waals surface area contributed by atoms with Crippen molar-refractivity contribution in [1.82, 2.24) is 10.5 Å². The predicted octanol–water partition coefficient (Wildman–Crippen LogP) is 1.30. The Hall–Kier alpha value is -2.63. The summed E-state index contributed by atoms with van der Waals surface area (Å²) in [4.78, 5) is 22.3. The van der Waals surface area contributed by atoms with Crippen molar-refractivity contribution in [2.75, 3.05) is 0 Å². The second-order valence-electron chi connectivity index (χ2n) is 3.54. The van der Waals surface area contributed by atoms with E-state index in [9.17, 15) is 9.59 Å². The maximum atomic E-state index is 11.7. The molecule has 0 spiro atoms. The monoisotopic (exact) mass is 246 g/mol. The largest absolute Gasteiger partial charge is 0.478 e. The third-order valence-corrected chi connectivity index (χ3v) is 2.31. The van der Waals surface area contributed by atoms with Crippen LogP contribution >= 0.6 is 0 Å². The van der Waals surface area contributed by atoms with Gasteiger partial charge in [-0.1, -0.05) is 5.16 Å². The number of benzene rings is 1. The first-order valence-electron chi connectivity index (χ1n) is 5.18. The van der Waals surface area contributed by atoms with Crippen LogP contribution < -0.4 is 5.32 Å². The molecule has 2 aromatic rings. The van der Waals surface area contributed by atoms with E-state index in [-0.39, 0.29) is 18.0 Å². The summed E-state index contributed by atoms with van der Waals surface area (Å²) in [5, 5.41) is 14.9. The minimum atomic E-state index is -1.02. The number of aromatic nitrogens is 1. The van der Waals surface area contributed by atoms with E-state index in [0.717, 1.165) is 0 Å². The maximum absolute atomic E-state index is 11.7. The Morgan fingerprint density at radius 2 is 1.83 bits per heavy atom. The van der Waals surface area contributed by atoms with Gasteiger partial charge in [-0.15, -0.1) is 0 Å². The van der Waals surface area contributed by atoms with E-state index in [0.29, 0.717) is 11.3 Å². The molecule has 1 aromatic carbocycles. The third-order valence-electron chi connectivity index (χ3n) is 2.31. The highest BCUT2D eigenvalue weighted by molar-refractivity contribution is 5.95.